The van der Waals surface area contributed by atoms with E-state index in [0.717, 1.165) is 24.3 Å². The Labute approximate surface area is 119 Å². The number of carboxylic acid groups (broad SMARTS) is 1. The van der Waals surface area contributed by atoms with Crippen LogP contribution in [0.1, 0.15) is 24.1 Å². The Bertz CT molecular complexity index is 610. The van der Waals surface area contributed by atoms with Gasteiger partial charge in [0.15, 0.2) is 0 Å². The minimum atomic E-state index is -0.733. The SMILES string of the molecule is Cc1cc(CN(C)CCCC(=O)O)c2ccccc2n1. The molecule has 2 rings (SSSR count). The third kappa shape index (κ3) is 3.78. The van der Waals surface area contributed by atoms with Crippen molar-refractivity contribution in [1.82, 2.24) is 9.88 Å². The summed E-state index contributed by atoms with van der Waals surface area (Å²) in [6, 6.07) is 10.2. The largest absolute Gasteiger partial charge is 0.481 e. The number of carbonyl (C=O) groups is 1. The highest BCUT2D eigenvalue weighted by Crippen LogP contribution is 2.19. The van der Waals surface area contributed by atoms with Crippen LogP contribution in [0.5, 0.6) is 0 Å². The van der Waals surface area contributed by atoms with Crippen molar-refractivity contribution in [2.24, 2.45) is 0 Å². The number of aromatic nitrogens is 1. The number of pyridine rings is 1. The zero-order valence-electron chi connectivity index (χ0n) is 12.0. The fourth-order valence-electron chi connectivity index (χ4n) is 2.40. The van der Waals surface area contributed by atoms with Gasteiger partial charge < -0.3 is 10.0 Å². The summed E-state index contributed by atoms with van der Waals surface area (Å²) in [6.45, 7) is 3.59. The lowest BCUT2D eigenvalue weighted by Gasteiger charge is -2.17. The van der Waals surface area contributed by atoms with Crippen LogP contribution in [0.15, 0.2) is 30.3 Å². The Morgan fingerprint density at radius 1 is 1.35 bits per heavy atom. The van der Waals surface area contributed by atoms with Crippen molar-refractivity contribution in [3.05, 3.63) is 41.6 Å². The summed E-state index contributed by atoms with van der Waals surface area (Å²) in [7, 11) is 2.02. The lowest BCUT2D eigenvalue weighted by Crippen LogP contribution is -2.20. The van der Waals surface area contributed by atoms with E-state index in [-0.39, 0.29) is 6.42 Å². The molecule has 106 valence electrons. The van der Waals surface area contributed by atoms with Gasteiger partial charge >= 0.3 is 5.97 Å². The monoisotopic (exact) mass is 272 g/mol. The number of para-hydroxylation sites is 1. The molecule has 0 saturated heterocycles. The molecule has 20 heavy (non-hydrogen) atoms. The van der Waals surface area contributed by atoms with E-state index in [2.05, 4.69) is 22.0 Å². The van der Waals surface area contributed by atoms with Gasteiger partial charge in [-0.3, -0.25) is 9.78 Å². The van der Waals surface area contributed by atoms with Crippen molar-refractivity contribution >= 4 is 16.9 Å². The van der Waals surface area contributed by atoms with Crippen LogP contribution in [0.4, 0.5) is 0 Å². The molecule has 0 unspecified atom stereocenters. The molecule has 2 aromatic rings. The molecule has 0 spiro atoms. The average Bonchev–Trinajstić information content (AvgIpc) is 2.38. The van der Waals surface area contributed by atoms with Gasteiger partial charge in [0.1, 0.15) is 0 Å². The molecule has 0 bridgehead atoms. The number of hydrogen-bond donors (Lipinski definition) is 1. The first-order valence-corrected chi connectivity index (χ1v) is 6.82. The predicted octanol–water partition coefficient (Wildman–Crippen LogP) is 2.84. The van der Waals surface area contributed by atoms with Crippen LogP contribution in [0.3, 0.4) is 0 Å². The van der Waals surface area contributed by atoms with Crippen LogP contribution in [-0.4, -0.2) is 34.6 Å². The quantitative estimate of drug-likeness (QED) is 0.878. The zero-order chi connectivity index (χ0) is 14.5. The summed E-state index contributed by atoms with van der Waals surface area (Å²) in [5, 5.41) is 9.84. The van der Waals surface area contributed by atoms with Gasteiger partial charge in [-0.25, -0.2) is 0 Å². The maximum atomic E-state index is 10.5. The van der Waals surface area contributed by atoms with E-state index in [9.17, 15) is 4.79 Å². The maximum Gasteiger partial charge on any atom is 0.303 e. The third-order valence-electron chi connectivity index (χ3n) is 3.30. The Morgan fingerprint density at radius 3 is 2.85 bits per heavy atom. The Hall–Kier alpha value is -1.94. The van der Waals surface area contributed by atoms with E-state index in [1.54, 1.807) is 0 Å². The molecule has 0 fully saturated rings. The summed E-state index contributed by atoms with van der Waals surface area (Å²) in [5.74, 6) is -0.733. The highest BCUT2D eigenvalue weighted by molar-refractivity contribution is 5.82. The van der Waals surface area contributed by atoms with Gasteiger partial charge in [0.05, 0.1) is 5.52 Å². The lowest BCUT2D eigenvalue weighted by atomic mass is 10.1. The van der Waals surface area contributed by atoms with Crippen molar-refractivity contribution in [1.29, 1.82) is 0 Å². The molecule has 4 heteroatoms. The summed E-state index contributed by atoms with van der Waals surface area (Å²) in [5.41, 5.74) is 3.27. The first kappa shape index (κ1) is 14.5. The van der Waals surface area contributed by atoms with Crippen molar-refractivity contribution in [2.75, 3.05) is 13.6 Å². The van der Waals surface area contributed by atoms with Crippen molar-refractivity contribution in [3.63, 3.8) is 0 Å². The predicted molar refractivity (Wildman–Crippen MR) is 79.7 cm³/mol. The van der Waals surface area contributed by atoms with Crippen LogP contribution >= 0.6 is 0 Å². The fraction of sp³-hybridized carbons (Fsp3) is 0.375. The number of rotatable bonds is 6. The van der Waals surface area contributed by atoms with E-state index >= 15 is 0 Å². The minimum absolute atomic E-state index is 0.223. The standard InChI is InChI=1S/C16H20N2O2/c1-12-10-13(11-18(2)9-5-8-16(19)20)14-6-3-4-7-15(14)17-12/h3-4,6-7,10H,5,8-9,11H2,1-2H3,(H,19,20). The number of aryl methyl sites for hydroxylation is 1. The molecular formula is C16H20N2O2. The van der Waals surface area contributed by atoms with E-state index in [1.165, 1.54) is 10.9 Å². The molecule has 0 radical (unpaired) electrons. The Kier molecular flexibility index (Phi) is 4.69. The van der Waals surface area contributed by atoms with Crippen molar-refractivity contribution in [2.45, 2.75) is 26.3 Å². The summed E-state index contributed by atoms with van der Waals surface area (Å²) in [6.07, 6.45) is 0.897. The van der Waals surface area contributed by atoms with E-state index in [4.69, 9.17) is 5.11 Å². The van der Waals surface area contributed by atoms with Gasteiger partial charge in [0.25, 0.3) is 0 Å². The molecule has 0 aliphatic carbocycles. The number of benzene rings is 1. The molecule has 0 amide bonds. The smallest absolute Gasteiger partial charge is 0.303 e. The summed E-state index contributed by atoms with van der Waals surface area (Å²) in [4.78, 5) is 17.2. The number of hydrogen-bond acceptors (Lipinski definition) is 3. The van der Waals surface area contributed by atoms with Gasteiger partial charge in [-0.05, 0) is 44.6 Å². The molecule has 4 nitrogen and oxygen atoms in total. The van der Waals surface area contributed by atoms with Crippen LogP contribution in [0.25, 0.3) is 10.9 Å². The second-order valence-corrected chi connectivity index (χ2v) is 5.17. The highest BCUT2D eigenvalue weighted by Gasteiger charge is 2.07. The van der Waals surface area contributed by atoms with Crippen molar-refractivity contribution < 1.29 is 9.90 Å². The van der Waals surface area contributed by atoms with Crippen molar-refractivity contribution in [3.8, 4) is 0 Å². The Morgan fingerprint density at radius 2 is 2.10 bits per heavy atom. The highest BCUT2D eigenvalue weighted by atomic mass is 16.4. The van der Waals surface area contributed by atoms with Crippen LogP contribution in [0, 0.1) is 6.92 Å². The fourth-order valence-corrected chi connectivity index (χ4v) is 2.40. The molecule has 1 aromatic heterocycles. The summed E-state index contributed by atoms with van der Waals surface area (Å²) >= 11 is 0. The molecule has 0 atom stereocenters. The van der Waals surface area contributed by atoms with Gasteiger partial charge in [-0.2, -0.15) is 0 Å². The molecule has 0 aliphatic heterocycles. The van der Waals surface area contributed by atoms with Gasteiger partial charge in [0, 0.05) is 24.0 Å². The molecule has 0 aliphatic rings. The van der Waals surface area contributed by atoms with Crippen LogP contribution < -0.4 is 0 Å². The minimum Gasteiger partial charge on any atom is -0.481 e. The topological polar surface area (TPSA) is 53.4 Å². The van der Waals surface area contributed by atoms with Crippen LogP contribution in [-0.2, 0) is 11.3 Å². The first-order chi connectivity index (χ1) is 9.56. The molecule has 1 aromatic carbocycles. The van der Waals surface area contributed by atoms with Gasteiger partial charge in [-0.1, -0.05) is 18.2 Å². The summed E-state index contributed by atoms with van der Waals surface area (Å²) < 4.78 is 0. The van der Waals surface area contributed by atoms with E-state index in [0.29, 0.717) is 6.42 Å². The van der Waals surface area contributed by atoms with E-state index in [1.807, 2.05) is 32.2 Å². The first-order valence-electron chi connectivity index (χ1n) is 6.82. The Balaban J connectivity index is 2.10. The normalized spacial score (nSPS) is 11.2. The maximum absolute atomic E-state index is 10.5. The number of aliphatic carboxylic acids is 1. The number of fused-ring (bicyclic) bond motifs is 1. The van der Waals surface area contributed by atoms with Gasteiger partial charge in [-0.15, -0.1) is 0 Å². The van der Waals surface area contributed by atoms with Gasteiger partial charge in [0.2, 0.25) is 0 Å². The molecule has 1 N–H and O–H groups in total. The second-order valence-electron chi connectivity index (χ2n) is 5.17. The second kappa shape index (κ2) is 6.48. The van der Waals surface area contributed by atoms with E-state index < -0.39 is 5.97 Å². The molecule has 1 heterocycles. The zero-order valence-corrected chi connectivity index (χ0v) is 12.0. The number of nitrogens with zero attached hydrogens (tertiary/aromatic N) is 2. The lowest BCUT2D eigenvalue weighted by molar-refractivity contribution is -0.137. The third-order valence-corrected chi connectivity index (χ3v) is 3.30. The molecular weight excluding hydrogens is 252 g/mol. The number of carboxylic acids is 1. The molecule has 0 saturated carbocycles. The van der Waals surface area contributed by atoms with Crippen LogP contribution in [0.2, 0.25) is 0 Å². The average molecular weight is 272 g/mol.